The van der Waals surface area contributed by atoms with Crippen LogP contribution in [0.25, 0.3) is 0 Å². The van der Waals surface area contributed by atoms with Gasteiger partial charge in [0.15, 0.2) is 0 Å². The maximum atomic E-state index is 5.83. The largest absolute Gasteiger partial charge is 0.495 e. The molecule has 0 aromatic heterocycles. The van der Waals surface area contributed by atoms with Crippen LogP contribution in [-0.2, 0) is 0 Å². The first kappa shape index (κ1) is 12.7. The molecule has 0 heterocycles. The standard InChI is InChI=1S/C13H22N2O/c1-4-8-15(9-5-2)12-10-11(14)6-7-13(12)16-3/h6-7,10H,4-5,8-9,14H2,1-3H3. The van der Waals surface area contributed by atoms with E-state index in [1.54, 1.807) is 7.11 Å². The number of hydrogen-bond donors (Lipinski definition) is 1. The number of ether oxygens (including phenoxy) is 1. The van der Waals surface area contributed by atoms with E-state index in [-0.39, 0.29) is 0 Å². The summed E-state index contributed by atoms with van der Waals surface area (Å²) in [4.78, 5) is 2.33. The van der Waals surface area contributed by atoms with Crippen molar-refractivity contribution in [3.63, 3.8) is 0 Å². The molecule has 1 aromatic rings. The number of nitrogen functional groups attached to an aromatic ring is 1. The highest BCUT2D eigenvalue weighted by molar-refractivity contribution is 5.65. The Kier molecular flexibility index (Phi) is 4.96. The van der Waals surface area contributed by atoms with Gasteiger partial charge in [0.25, 0.3) is 0 Å². The van der Waals surface area contributed by atoms with Gasteiger partial charge in [-0.05, 0) is 31.0 Å². The van der Waals surface area contributed by atoms with Crippen LogP contribution in [0.1, 0.15) is 26.7 Å². The molecule has 0 bridgehead atoms. The minimum absolute atomic E-state index is 0.785. The Hall–Kier alpha value is -1.38. The van der Waals surface area contributed by atoms with Crippen molar-refractivity contribution < 1.29 is 4.74 Å². The number of nitrogens with zero attached hydrogens (tertiary/aromatic N) is 1. The van der Waals surface area contributed by atoms with Crippen LogP contribution in [0.15, 0.2) is 18.2 Å². The number of methoxy groups -OCH3 is 1. The van der Waals surface area contributed by atoms with Crippen LogP contribution in [0, 0.1) is 0 Å². The third-order valence-corrected chi connectivity index (χ3v) is 2.53. The summed E-state index contributed by atoms with van der Waals surface area (Å²) in [7, 11) is 1.70. The van der Waals surface area contributed by atoms with E-state index in [0.717, 1.165) is 43.1 Å². The summed E-state index contributed by atoms with van der Waals surface area (Å²) in [5.74, 6) is 0.899. The van der Waals surface area contributed by atoms with E-state index < -0.39 is 0 Å². The smallest absolute Gasteiger partial charge is 0.142 e. The number of nitrogens with two attached hydrogens (primary N) is 1. The molecule has 0 saturated heterocycles. The van der Waals surface area contributed by atoms with E-state index in [4.69, 9.17) is 10.5 Å². The van der Waals surface area contributed by atoms with Crippen LogP contribution in [-0.4, -0.2) is 20.2 Å². The lowest BCUT2D eigenvalue weighted by molar-refractivity contribution is 0.414. The SMILES string of the molecule is CCCN(CCC)c1cc(N)ccc1OC. The third kappa shape index (κ3) is 3.05. The molecule has 3 heteroatoms. The van der Waals surface area contributed by atoms with Gasteiger partial charge < -0.3 is 15.4 Å². The van der Waals surface area contributed by atoms with E-state index in [1.807, 2.05) is 18.2 Å². The lowest BCUT2D eigenvalue weighted by Gasteiger charge is -2.25. The summed E-state index contributed by atoms with van der Waals surface area (Å²) < 4.78 is 5.38. The lowest BCUT2D eigenvalue weighted by Crippen LogP contribution is -2.25. The van der Waals surface area contributed by atoms with Crippen LogP contribution in [0.3, 0.4) is 0 Å². The molecule has 1 rings (SSSR count). The Bertz CT molecular complexity index is 320. The molecule has 0 fully saturated rings. The molecule has 3 nitrogen and oxygen atoms in total. The Morgan fingerprint density at radius 2 is 1.81 bits per heavy atom. The first-order valence-corrected chi connectivity index (χ1v) is 5.91. The average Bonchev–Trinajstić information content (AvgIpc) is 2.29. The van der Waals surface area contributed by atoms with Gasteiger partial charge in [-0.2, -0.15) is 0 Å². The van der Waals surface area contributed by atoms with Crippen molar-refractivity contribution in [2.75, 3.05) is 30.8 Å². The average molecular weight is 222 g/mol. The van der Waals surface area contributed by atoms with Gasteiger partial charge in [-0.15, -0.1) is 0 Å². The molecule has 1 aromatic carbocycles. The van der Waals surface area contributed by atoms with Gasteiger partial charge in [-0.3, -0.25) is 0 Å². The van der Waals surface area contributed by atoms with E-state index >= 15 is 0 Å². The predicted molar refractivity (Wildman–Crippen MR) is 70.2 cm³/mol. The fourth-order valence-corrected chi connectivity index (χ4v) is 1.85. The second-order valence-electron chi connectivity index (χ2n) is 3.92. The molecule has 0 atom stereocenters. The molecule has 0 aliphatic carbocycles. The molecule has 0 aliphatic rings. The van der Waals surface area contributed by atoms with E-state index in [1.165, 1.54) is 0 Å². The summed E-state index contributed by atoms with van der Waals surface area (Å²) in [6.45, 7) is 6.43. The molecular formula is C13H22N2O. The van der Waals surface area contributed by atoms with Crippen molar-refractivity contribution in [3.05, 3.63) is 18.2 Å². The third-order valence-electron chi connectivity index (χ3n) is 2.53. The van der Waals surface area contributed by atoms with Crippen LogP contribution in [0.5, 0.6) is 5.75 Å². The Labute approximate surface area is 98.2 Å². The monoisotopic (exact) mass is 222 g/mol. The number of benzene rings is 1. The Balaban J connectivity index is 3.00. The van der Waals surface area contributed by atoms with Gasteiger partial charge in [0, 0.05) is 18.8 Å². The second-order valence-corrected chi connectivity index (χ2v) is 3.92. The minimum Gasteiger partial charge on any atom is -0.495 e. The van der Waals surface area contributed by atoms with Crippen molar-refractivity contribution in [2.45, 2.75) is 26.7 Å². The van der Waals surface area contributed by atoms with Gasteiger partial charge in [0.1, 0.15) is 5.75 Å². The highest BCUT2D eigenvalue weighted by Gasteiger charge is 2.10. The van der Waals surface area contributed by atoms with Crippen LogP contribution < -0.4 is 15.4 Å². The van der Waals surface area contributed by atoms with Gasteiger partial charge in [-0.25, -0.2) is 0 Å². The van der Waals surface area contributed by atoms with Crippen molar-refractivity contribution in [1.82, 2.24) is 0 Å². The molecular weight excluding hydrogens is 200 g/mol. The highest BCUT2D eigenvalue weighted by atomic mass is 16.5. The maximum absolute atomic E-state index is 5.83. The molecule has 16 heavy (non-hydrogen) atoms. The maximum Gasteiger partial charge on any atom is 0.142 e. The number of anilines is 2. The first-order chi connectivity index (χ1) is 7.72. The van der Waals surface area contributed by atoms with Gasteiger partial charge >= 0.3 is 0 Å². The summed E-state index contributed by atoms with van der Waals surface area (Å²) >= 11 is 0. The summed E-state index contributed by atoms with van der Waals surface area (Å²) in [6, 6.07) is 5.80. The van der Waals surface area contributed by atoms with Crippen LogP contribution in [0.4, 0.5) is 11.4 Å². The van der Waals surface area contributed by atoms with Gasteiger partial charge in [-0.1, -0.05) is 13.8 Å². The molecule has 0 spiro atoms. The lowest BCUT2D eigenvalue weighted by atomic mass is 10.2. The van der Waals surface area contributed by atoms with E-state index in [9.17, 15) is 0 Å². The normalized spacial score (nSPS) is 10.2. The zero-order chi connectivity index (χ0) is 12.0. The molecule has 0 saturated carbocycles. The van der Waals surface area contributed by atoms with Crippen molar-refractivity contribution in [2.24, 2.45) is 0 Å². The van der Waals surface area contributed by atoms with Crippen molar-refractivity contribution >= 4 is 11.4 Å². The van der Waals surface area contributed by atoms with E-state index in [2.05, 4.69) is 18.7 Å². The zero-order valence-electron chi connectivity index (χ0n) is 10.5. The Morgan fingerprint density at radius 3 is 2.31 bits per heavy atom. The topological polar surface area (TPSA) is 38.5 Å². The molecule has 90 valence electrons. The number of hydrogen-bond acceptors (Lipinski definition) is 3. The predicted octanol–water partition coefficient (Wildman–Crippen LogP) is 2.90. The summed E-state index contributed by atoms with van der Waals surface area (Å²) in [5.41, 5.74) is 7.72. The number of rotatable bonds is 6. The van der Waals surface area contributed by atoms with Crippen LogP contribution >= 0.6 is 0 Å². The first-order valence-electron chi connectivity index (χ1n) is 5.91. The molecule has 0 radical (unpaired) electrons. The molecule has 0 amide bonds. The molecule has 2 N–H and O–H groups in total. The molecule has 0 unspecified atom stereocenters. The Morgan fingerprint density at radius 1 is 1.19 bits per heavy atom. The quantitative estimate of drug-likeness (QED) is 0.752. The highest BCUT2D eigenvalue weighted by Crippen LogP contribution is 2.30. The van der Waals surface area contributed by atoms with Gasteiger partial charge in [0.05, 0.1) is 12.8 Å². The van der Waals surface area contributed by atoms with Crippen molar-refractivity contribution in [3.8, 4) is 5.75 Å². The van der Waals surface area contributed by atoms with Crippen LogP contribution in [0.2, 0.25) is 0 Å². The summed E-state index contributed by atoms with van der Waals surface area (Å²) in [5, 5.41) is 0. The fourth-order valence-electron chi connectivity index (χ4n) is 1.85. The second kappa shape index (κ2) is 6.26. The van der Waals surface area contributed by atoms with Crippen molar-refractivity contribution in [1.29, 1.82) is 0 Å². The molecule has 0 aliphatic heterocycles. The van der Waals surface area contributed by atoms with E-state index in [0.29, 0.717) is 0 Å². The summed E-state index contributed by atoms with van der Waals surface area (Å²) in [6.07, 6.45) is 2.25. The van der Waals surface area contributed by atoms with Gasteiger partial charge in [0.2, 0.25) is 0 Å². The zero-order valence-corrected chi connectivity index (χ0v) is 10.5. The fraction of sp³-hybridized carbons (Fsp3) is 0.538. The minimum atomic E-state index is 0.785.